The molecular weight excluding hydrogens is 255 g/mol. The molecule has 0 aromatic heterocycles. The van der Waals surface area contributed by atoms with Crippen molar-refractivity contribution in [3.8, 4) is 0 Å². The van der Waals surface area contributed by atoms with Crippen molar-refractivity contribution in [1.29, 1.82) is 0 Å². The van der Waals surface area contributed by atoms with Gasteiger partial charge in [0.15, 0.2) is 0 Å². The molecule has 1 aromatic carbocycles. The van der Waals surface area contributed by atoms with Crippen LogP contribution in [0.4, 0.5) is 15.8 Å². The average molecular weight is 270 g/mol. The zero-order chi connectivity index (χ0) is 14.6. The number of nitro benzene ring substituents is 1. The third-order valence-corrected chi connectivity index (χ3v) is 2.74. The highest BCUT2D eigenvalue weighted by Gasteiger charge is 2.18. The Labute approximate surface area is 109 Å². The Kier molecular flexibility index (Phi) is 4.80. The molecular formula is C12H15FN2O4. The minimum atomic E-state index is -0.968. The van der Waals surface area contributed by atoms with Crippen molar-refractivity contribution in [1.82, 2.24) is 0 Å². The van der Waals surface area contributed by atoms with Crippen molar-refractivity contribution in [2.24, 2.45) is 5.92 Å². The van der Waals surface area contributed by atoms with E-state index in [4.69, 9.17) is 5.11 Å². The van der Waals surface area contributed by atoms with Crippen LogP contribution >= 0.6 is 0 Å². The third kappa shape index (κ3) is 3.90. The quantitative estimate of drug-likeness (QED) is 0.633. The van der Waals surface area contributed by atoms with Gasteiger partial charge in [-0.3, -0.25) is 14.9 Å². The molecule has 0 aliphatic heterocycles. The Balaban J connectivity index is 3.04. The predicted octanol–water partition coefficient (Wildman–Crippen LogP) is 2.28. The van der Waals surface area contributed by atoms with Crippen molar-refractivity contribution in [2.45, 2.75) is 13.8 Å². The van der Waals surface area contributed by atoms with Crippen molar-refractivity contribution >= 4 is 17.3 Å². The Morgan fingerprint density at radius 3 is 2.63 bits per heavy atom. The van der Waals surface area contributed by atoms with Crippen LogP contribution in [0.2, 0.25) is 0 Å². The number of nitro groups is 1. The zero-order valence-corrected chi connectivity index (χ0v) is 10.7. The number of anilines is 1. The van der Waals surface area contributed by atoms with Crippen LogP contribution < -0.4 is 4.90 Å². The van der Waals surface area contributed by atoms with E-state index in [0.29, 0.717) is 12.2 Å². The van der Waals surface area contributed by atoms with Crippen LogP contribution in [0, 0.1) is 21.8 Å². The number of carbonyl (C=O) groups is 1. The fourth-order valence-corrected chi connectivity index (χ4v) is 1.67. The summed E-state index contributed by atoms with van der Waals surface area (Å²) < 4.78 is 13.3. The molecule has 104 valence electrons. The number of carboxylic acids is 1. The fourth-order valence-electron chi connectivity index (χ4n) is 1.67. The molecule has 1 atom stereocenters. The molecule has 19 heavy (non-hydrogen) atoms. The second kappa shape index (κ2) is 6.12. The topological polar surface area (TPSA) is 83.7 Å². The van der Waals surface area contributed by atoms with E-state index >= 15 is 0 Å². The normalized spacial score (nSPS) is 11.9. The standard InChI is InChI=1S/C12H15FN2O4/c1-3-14(7-8(2)12(16)17)10-4-9(13)5-11(6-10)15(18)19/h4-6,8H,3,7H2,1-2H3,(H,16,17). The molecule has 1 N–H and O–H groups in total. The average Bonchev–Trinajstić information content (AvgIpc) is 2.34. The molecule has 0 bridgehead atoms. The van der Waals surface area contributed by atoms with Gasteiger partial charge < -0.3 is 10.0 Å². The lowest BCUT2D eigenvalue weighted by molar-refractivity contribution is -0.385. The van der Waals surface area contributed by atoms with Gasteiger partial charge in [-0.25, -0.2) is 4.39 Å². The number of carboxylic acid groups (broad SMARTS) is 1. The summed E-state index contributed by atoms with van der Waals surface area (Å²) in [6.07, 6.45) is 0. The van der Waals surface area contributed by atoms with E-state index in [1.165, 1.54) is 13.0 Å². The van der Waals surface area contributed by atoms with E-state index in [-0.39, 0.29) is 12.2 Å². The van der Waals surface area contributed by atoms with E-state index in [1.54, 1.807) is 11.8 Å². The number of benzene rings is 1. The maximum absolute atomic E-state index is 13.3. The summed E-state index contributed by atoms with van der Waals surface area (Å²) in [7, 11) is 0. The van der Waals surface area contributed by atoms with Gasteiger partial charge in [-0.15, -0.1) is 0 Å². The SMILES string of the molecule is CCN(CC(C)C(=O)O)c1cc(F)cc([N+](=O)[O-])c1. The third-order valence-electron chi connectivity index (χ3n) is 2.74. The number of aliphatic carboxylic acids is 1. The summed E-state index contributed by atoms with van der Waals surface area (Å²) >= 11 is 0. The second-order valence-electron chi connectivity index (χ2n) is 4.20. The van der Waals surface area contributed by atoms with Crippen molar-refractivity contribution < 1.29 is 19.2 Å². The first-order chi connectivity index (χ1) is 8.85. The lowest BCUT2D eigenvalue weighted by Gasteiger charge is -2.24. The summed E-state index contributed by atoms with van der Waals surface area (Å²) in [5, 5.41) is 19.5. The number of hydrogen-bond acceptors (Lipinski definition) is 4. The highest BCUT2D eigenvalue weighted by Crippen LogP contribution is 2.24. The van der Waals surface area contributed by atoms with E-state index in [9.17, 15) is 19.3 Å². The minimum absolute atomic E-state index is 0.159. The van der Waals surface area contributed by atoms with Crippen LogP contribution in [-0.2, 0) is 4.79 Å². The van der Waals surface area contributed by atoms with Gasteiger partial charge in [0.2, 0.25) is 0 Å². The van der Waals surface area contributed by atoms with Crippen LogP contribution in [0.25, 0.3) is 0 Å². The smallest absolute Gasteiger partial charge is 0.308 e. The van der Waals surface area contributed by atoms with E-state index in [1.807, 2.05) is 0 Å². The number of non-ortho nitro benzene ring substituents is 1. The van der Waals surface area contributed by atoms with E-state index < -0.39 is 22.6 Å². The molecule has 1 rings (SSSR count). The van der Waals surface area contributed by atoms with Gasteiger partial charge in [0.05, 0.1) is 16.9 Å². The lowest BCUT2D eigenvalue weighted by atomic mass is 10.1. The van der Waals surface area contributed by atoms with Crippen LogP contribution in [0.5, 0.6) is 0 Å². The van der Waals surface area contributed by atoms with Crippen molar-refractivity contribution in [3.63, 3.8) is 0 Å². The number of nitrogens with zero attached hydrogens (tertiary/aromatic N) is 2. The summed E-state index contributed by atoms with van der Waals surface area (Å²) in [5.74, 6) is -2.34. The van der Waals surface area contributed by atoms with Gasteiger partial charge >= 0.3 is 5.97 Å². The first kappa shape index (κ1) is 14.9. The molecule has 0 aliphatic rings. The molecule has 0 radical (unpaired) electrons. The van der Waals surface area contributed by atoms with Crippen LogP contribution in [0.15, 0.2) is 18.2 Å². The first-order valence-electron chi connectivity index (χ1n) is 5.77. The Morgan fingerprint density at radius 2 is 2.16 bits per heavy atom. The maximum Gasteiger partial charge on any atom is 0.308 e. The second-order valence-corrected chi connectivity index (χ2v) is 4.20. The molecule has 0 fully saturated rings. The molecule has 0 heterocycles. The summed E-state index contributed by atoms with van der Waals surface area (Å²) in [6.45, 7) is 3.88. The Hall–Kier alpha value is -2.18. The van der Waals surface area contributed by atoms with Gasteiger partial charge in [0.25, 0.3) is 5.69 Å². The largest absolute Gasteiger partial charge is 0.481 e. The van der Waals surface area contributed by atoms with Gasteiger partial charge in [0.1, 0.15) is 5.82 Å². The monoisotopic (exact) mass is 270 g/mol. The first-order valence-corrected chi connectivity index (χ1v) is 5.77. The summed E-state index contributed by atoms with van der Waals surface area (Å²) in [5.41, 5.74) is -0.0428. The Bertz CT molecular complexity index is 493. The Morgan fingerprint density at radius 1 is 1.53 bits per heavy atom. The molecule has 7 heteroatoms. The van der Waals surface area contributed by atoms with Gasteiger partial charge in [-0.2, -0.15) is 0 Å². The van der Waals surface area contributed by atoms with Crippen molar-refractivity contribution in [3.05, 3.63) is 34.1 Å². The molecule has 0 amide bonds. The van der Waals surface area contributed by atoms with E-state index in [0.717, 1.165) is 12.1 Å². The van der Waals surface area contributed by atoms with Gasteiger partial charge in [-0.1, -0.05) is 6.92 Å². The fraction of sp³-hybridized carbons (Fsp3) is 0.417. The highest BCUT2D eigenvalue weighted by molar-refractivity contribution is 5.70. The van der Waals surface area contributed by atoms with Crippen molar-refractivity contribution in [2.75, 3.05) is 18.0 Å². The number of hydrogen-bond donors (Lipinski definition) is 1. The maximum atomic E-state index is 13.3. The molecule has 1 unspecified atom stereocenters. The molecule has 0 saturated heterocycles. The summed E-state index contributed by atoms with van der Waals surface area (Å²) in [4.78, 5) is 22.4. The zero-order valence-electron chi connectivity index (χ0n) is 10.7. The molecule has 0 spiro atoms. The highest BCUT2D eigenvalue weighted by atomic mass is 19.1. The van der Waals surface area contributed by atoms with E-state index in [2.05, 4.69) is 0 Å². The lowest BCUT2D eigenvalue weighted by Crippen LogP contribution is -2.31. The molecule has 0 aliphatic carbocycles. The molecule has 0 saturated carbocycles. The minimum Gasteiger partial charge on any atom is -0.481 e. The van der Waals surface area contributed by atoms with Crippen LogP contribution in [0.1, 0.15) is 13.8 Å². The summed E-state index contributed by atoms with van der Waals surface area (Å²) in [6, 6.07) is 3.23. The predicted molar refractivity (Wildman–Crippen MR) is 67.7 cm³/mol. The van der Waals surface area contributed by atoms with Crippen LogP contribution in [-0.4, -0.2) is 29.1 Å². The number of halogens is 1. The molecule has 1 aromatic rings. The molecule has 6 nitrogen and oxygen atoms in total. The van der Waals surface area contributed by atoms with Crippen LogP contribution in [0.3, 0.4) is 0 Å². The van der Waals surface area contributed by atoms with Gasteiger partial charge in [-0.05, 0) is 13.0 Å². The van der Waals surface area contributed by atoms with Gasteiger partial charge in [0, 0.05) is 24.8 Å². The number of rotatable bonds is 6.